The van der Waals surface area contributed by atoms with E-state index in [4.69, 9.17) is 0 Å². The molecule has 0 spiro atoms. The molecule has 0 aliphatic rings. The number of hydrazone groups is 1. The maximum atomic E-state index is 12.7. The van der Waals surface area contributed by atoms with Gasteiger partial charge in [0.1, 0.15) is 5.82 Å². The van der Waals surface area contributed by atoms with Gasteiger partial charge in [0, 0.05) is 5.56 Å². The van der Waals surface area contributed by atoms with Crippen LogP contribution in [-0.2, 0) is 10.0 Å². The minimum Gasteiger partial charge on any atom is -0.504 e. The summed E-state index contributed by atoms with van der Waals surface area (Å²) in [6.45, 7) is 0. The zero-order chi connectivity index (χ0) is 15.5. The highest BCUT2D eigenvalue weighted by Crippen LogP contribution is 2.26. The predicted molar refractivity (Wildman–Crippen MR) is 74.1 cm³/mol. The molecular formula is C13H11FN2O4S. The van der Waals surface area contributed by atoms with E-state index in [1.807, 2.05) is 4.83 Å². The first-order valence-electron chi connectivity index (χ1n) is 5.71. The molecule has 0 bridgehead atoms. The lowest BCUT2D eigenvalue weighted by atomic mass is 10.2. The van der Waals surface area contributed by atoms with Gasteiger partial charge in [0.15, 0.2) is 11.5 Å². The molecule has 8 heteroatoms. The molecule has 0 aliphatic carbocycles. The van der Waals surface area contributed by atoms with Crippen LogP contribution in [0.3, 0.4) is 0 Å². The number of para-hydroxylation sites is 1. The first-order valence-corrected chi connectivity index (χ1v) is 7.20. The second-order valence-electron chi connectivity index (χ2n) is 4.02. The first kappa shape index (κ1) is 14.8. The van der Waals surface area contributed by atoms with E-state index in [0.717, 1.165) is 30.5 Å². The van der Waals surface area contributed by atoms with Crippen LogP contribution in [0.4, 0.5) is 4.39 Å². The Morgan fingerprint density at radius 3 is 2.43 bits per heavy atom. The Balaban J connectivity index is 2.16. The van der Waals surface area contributed by atoms with Crippen LogP contribution in [0.1, 0.15) is 5.56 Å². The third-order valence-electron chi connectivity index (χ3n) is 2.55. The number of phenols is 2. The molecule has 3 N–H and O–H groups in total. The largest absolute Gasteiger partial charge is 0.504 e. The van der Waals surface area contributed by atoms with E-state index in [-0.39, 0.29) is 16.2 Å². The fourth-order valence-corrected chi connectivity index (χ4v) is 2.28. The molecular weight excluding hydrogens is 299 g/mol. The number of benzene rings is 2. The van der Waals surface area contributed by atoms with Gasteiger partial charge >= 0.3 is 0 Å². The summed E-state index contributed by atoms with van der Waals surface area (Å²) >= 11 is 0. The molecule has 2 aromatic rings. The molecule has 0 atom stereocenters. The molecule has 110 valence electrons. The molecule has 21 heavy (non-hydrogen) atoms. The van der Waals surface area contributed by atoms with Crippen molar-refractivity contribution in [1.29, 1.82) is 0 Å². The maximum Gasteiger partial charge on any atom is 0.276 e. The standard InChI is InChI=1S/C13H11FN2O4S/c14-10-4-6-11(7-5-10)21(19,20)16-15-8-9-2-1-3-12(17)13(9)18/h1-8,16-18H/b15-8-. The van der Waals surface area contributed by atoms with Crippen molar-refractivity contribution in [3.05, 3.63) is 53.8 Å². The predicted octanol–water partition coefficient (Wildman–Crippen LogP) is 1.55. The van der Waals surface area contributed by atoms with Crippen LogP contribution in [0.2, 0.25) is 0 Å². The highest BCUT2D eigenvalue weighted by molar-refractivity contribution is 7.89. The van der Waals surface area contributed by atoms with Gasteiger partial charge in [-0.15, -0.1) is 0 Å². The summed E-state index contributed by atoms with van der Waals surface area (Å²) in [6, 6.07) is 8.39. The van der Waals surface area contributed by atoms with Crippen molar-refractivity contribution in [3.8, 4) is 11.5 Å². The number of hydrogen-bond donors (Lipinski definition) is 3. The van der Waals surface area contributed by atoms with Crippen LogP contribution in [0.25, 0.3) is 0 Å². The number of aromatic hydroxyl groups is 2. The quantitative estimate of drug-likeness (QED) is 0.453. The van der Waals surface area contributed by atoms with Gasteiger partial charge in [-0.3, -0.25) is 0 Å². The highest BCUT2D eigenvalue weighted by Gasteiger charge is 2.12. The van der Waals surface area contributed by atoms with Gasteiger partial charge in [0.25, 0.3) is 10.0 Å². The molecule has 2 rings (SSSR count). The molecule has 0 unspecified atom stereocenters. The fraction of sp³-hybridized carbons (Fsp3) is 0. The smallest absolute Gasteiger partial charge is 0.276 e. The number of hydrogen-bond acceptors (Lipinski definition) is 5. The lowest BCUT2D eigenvalue weighted by Crippen LogP contribution is -2.18. The number of rotatable bonds is 4. The first-order chi connectivity index (χ1) is 9.90. The van der Waals surface area contributed by atoms with Crippen molar-refractivity contribution in [3.63, 3.8) is 0 Å². The molecule has 0 saturated carbocycles. The SMILES string of the molecule is O=S(=O)(N/N=C\c1cccc(O)c1O)c1ccc(F)cc1. The fourth-order valence-electron chi connectivity index (χ4n) is 1.48. The molecule has 0 fully saturated rings. The van der Waals surface area contributed by atoms with Crippen LogP contribution >= 0.6 is 0 Å². The Labute approximate surface area is 120 Å². The lowest BCUT2D eigenvalue weighted by molar-refractivity contribution is 0.403. The summed E-state index contributed by atoms with van der Waals surface area (Å²) in [6.07, 6.45) is 1.04. The van der Waals surface area contributed by atoms with E-state index < -0.39 is 21.6 Å². The zero-order valence-corrected chi connectivity index (χ0v) is 11.4. The molecule has 0 aliphatic heterocycles. The lowest BCUT2D eigenvalue weighted by Gasteiger charge is -2.03. The Hall–Kier alpha value is -2.61. The van der Waals surface area contributed by atoms with Gasteiger partial charge in [-0.2, -0.15) is 13.5 Å². The topological polar surface area (TPSA) is 99.0 Å². The van der Waals surface area contributed by atoms with Gasteiger partial charge in [-0.1, -0.05) is 6.07 Å². The van der Waals surface area contributed by atoms with Crippen molar-refractivity contribution in [1.82, 2.24) is 4.83 Å². The summed E-state index contributed by atoms with van der Waals surface area (Å²) in [5.74, 6) is -1.32. The van der Waals surface area contributed by atoms with Crippen molar-refractivity contribution in [2.24, 2.45) is 5.10 Å². The second kappa shape index (κ2) is 5.80. The Bertz CT molecular complexity index is 773. The summed E-state index contributed by atoms with van der Waals surface area (Å²) in [5.41, 5.74) is 0.136. The van der Waals surface area contributed by atoms with Gasteiger partial charge in [-0.05, 0) is 36.4 Å². The van der Waals surface area contributed by atoms with Crippen molar-refractivity contribution < 1.29 is 23.0 Å². The monoisotopic (exact) mass is 310 g/mol. The second-order valence-corrected chi connectivity index (χ2v) is 5.68. The number of sulfonamides is 1. The minimum absolute atomic E-state index is 0.136. The number of nitrogens with zero attached hydrogens (tertiary/aromatic N) is 1. The van der Waals surface area contributed by atoms with Crippen LogP contribution in [0.5, 0.6) is 11.5 Å². The van der Waals surface area contributed by atoms with Gasteiger partial charge < -0.3 is 10.2 Å². The summed E-state index contributed by atoms with van der Waals surface area (Å²) in [4.78, 5) is 1.76. The number of halogens is 1. The van der Waals surface area contributed by atoms with Gasteiger partial charge in [0.2, 0.25) is 0 Å². The van der Waals surface area contributed by atoms with Crippen LogP contribution in [-0.4, -0.2) is 24.8 Å². The summed E-state index contributed by atoms with van der Waals surface area (Å²) in [7, 11) is -3.93. The summed E-state index contributed by atoms with van der Waals surface area (Å²) < 4.78 is 36.4. The van der Waals surface area contributed by atoms with Crippen molar-refractivity contribution >= 4 is 16.2 Å². The number of phenolic OH excluding ortho intramolecular Hbond substituents is 2. The third-order valence-corrected chi connectivity index (χ3v) is 3.78. The maximum absolute atomic E-state index is 12.7. The van der Waals surface area contributed by atoms with Gasteiger partial charge in [0.05, 0.1) is 11.1 Å². The van der Waals surface area contributed by atoms with E-state index in [1.165, 1.54) is 18.2 Å². The Morgan fingerprint density at radius 2 is 1.76 bits per heavy atom. The Morgan fingerprint density at radius 1 is 1.10 bits per heavy atom. The van der Waals surface area contributed by atoms with Crippen LogP contribution in [0.15, 0.2) is 52.5 Å². The summed E-state index contributed by atoms with van der Waals surface area (Å²) in [5, 5.41) is 22.3. The van der Waals surface area contributed by atoms with E-state index in [9.17, 15) is 23.0 Å². The molecule has 2 aromatic carbocycles. The van der Waals surface area contributed by atoms with E-state index >= 15 is 0 Å². The molecule has 0 amide bonds. The average molecular weight is 310 g/mol. The average Bonchev–Trinajstić information content (AvgIpc) is 2.44. The normalized spacial score (nSPS) is 11.7. The van der Waals surface area contributed by atoms with Crippen molar-refractivity contribution in [2.75, 3.05) is 0 Å². The minimum atomic E-state index is -3.93. The highest BCUT2D eigenvalue weighted by atomic mass is 32.2. The van der Waals surface area contributed by atoms with E-state index in [1.54, 1.807) is 0 Å². The van der Waals surface area contributed by atoms with Crippen LogP contribution < -0.4 is 4.83 Å². The van der Waals surface area contributed by atoms with Crippen molar-refractivity contribution in [2.45, 2.75) is 4.90 Å². The van der Waals surface area contributed by atoms with Gasteiger partial charge in [-0.25, -0.2) is 9.22 Å². The molecule has 0 saturated heterocycles. The van der Waals surface area contributed by atoms with E-state index in [0.29, 0.717) is 0 Å². The van der Waals surface area contributed by atoms with Crippen LogP contribution in [0, 0.1) is 5.82 Å². The molecule has 0 radical (unpaired) electrons. The molecule has 0 heterocycles. The third kappa shape index (κ3) is 3.48. The Kier molecular flexibility index (Phi) is 4.08. The number of nitrogens with one attached hydrogen (secondary N) is 1. The molecule has 6 nitrogen and oxygen atoms in total. The zero-order valence-electron chi connectivity index (χ0n) is 10.6. The molecule has 0 aromatic heterocycles. The van der Waals surface area contributed by atoms with E-state index in [2.05, 4.69) is 5.10 Å².